The fourth-order valence-electron chi connectivity index (χ4n) is 3.00. The number of hydrogen-bond donors (Lipinski definition) is 1. The van der Waals surface area contributed by atoms with Crippen LogP contribution in [-0.4, -0.2) is 45.4 Å². The van der Waals surface area contributed by atoms with Gasteiger partial charge in [-0.3, -0.25) is 9.48 Å². The topological polar surface area (TPSA) is 63.1 Å². The smallest absolute Gasteiger partial charge is 0.276 e. The maximum absolute atomic E-state index is 13.6. The van der Waals surface area contributed by atoms with Crippen molar-refractivity contribution in [1.82, 2.24) is 25.2 Å². The number of rotatable bonds is 5. The van der Waals surface area contributed by atoms with Gasteiger partial charge in [0.05, 0.1) is 12.2 Å². The van der Waals surface area contributed by atoms with Gasteiger partial charge in [0.2, 0.25) is 0 Å². The van der Waals surface area contributed by atoms with E-state index in [1.807, 2.05) is 6.07 Å². The molecule has 1 aliphatic heterocycles. The van der Waals surface area contributed by atoms with Gasteiger partial charge in [0.1, 0.15) is 5.82 Å². The van der Waals surface area contributed by atoms with E-state index in [2.05, 4.69) is 29.5 Å². The highest BCUT2D eigenvalue weighted by Crippen LogP contribution is 2.24. The van der Waals surface area contributed by atoms with E-state index in [4.69, 9.17) is 0 Å². The number of aryl methyl sites for hydroxylation is 1. The number of benzene rings is 1. The SMILES string of the molecule is CC(C)CCn1cc(C(=O)N2CCNCC2c2cccc(F)c2)nn1.Cl. The second-order valence-corrected chi connectivity index (χ2v) is 6.82. The molecule has 1 unspecified atom stereocenters. The quantitative estimate of drug-likeness (QED) is 0.864. The van der Waals surface area contributed by atoms with Crippen molar-refractivity contribution in [2.24, 2.45) is 5.92 Å². The number of carbonyl (C=O) groups excluding carboxylic acids is 1. The maximum Gasteiger partial charge on any atom is 0.276 e. The summed E-state index contributed by atoms with van der Waals surface area (Å²) in [7, 11) is 0. The summed E-state index contributed by atoms with van der Waals surface area (Å²) in [5.74, 6) is 0.107. The fraction of sp³-hybridized carbons (Fsp3) is 0.500. The van der Waals surface area contributed by atoms with Gasteiger partial charge >= 0.3 is 0 Å². The van der Waals surface area contributed by atoms with Crippen molar-refractivity contribution < 1.29 is 9.18 Å². The van der Waals surface area contributed by atoms with E-state index in [1.54, 1.807) is 21.8 Å². The van der Waals surface area contributed by atoms with Crippen LogP contribution in [0.25, 0.3) is 0 Å². The van der Waals surface area contributed by atoms with E-state index in [-0.39, 0.29) is 30.2 Å². The Morgan fingerprint density at radius 3 is 2.96 bits per heavy atom. The van der Waals surface area contributed by atoms with E-state index in [0.29, 0.717) is 31.2 Å². The number of hydrogen-bond acceptors (Lipinski definition) is 4. The maximum atomic E-state index is 13.6. The summed E-state index contributed by atoms with van der Waals surface area (Å²) in [6, 6.07) is 6.20. The molecule has 26 heavy (non-hydrogen) atoms. The lowest BCUT2D eigenvalue weighted by Crippen LogP contribution is -2.48. The summed E-state index contributed by atoms with van der Waals surface area (Å²) in [5.41, 5.74) is 1.12. The molecule has 3 rings (SSSR count). The first-order chi connectivity index (χ1) is 12.0. The monoisotopic (exact) mass is 381 g/mol. The Morgan fingerprint density at radius 1 is 1.42 bits per heavy atom. The predicted molar refractivity (Wildman–Crippen MR) is 99.8 cm³/mol. The number of piperazine rings is 1. The first-order valence-corrected chi connectivity index (χ1v) is 8.72. The summed E-state index contributed by atoms with van der Waals surface area (Å²) in [4.78, 5) is 14.7. The first kappa shape index (κ1) is 20.3. The van der Waals surface area contributed by atoms with Crippen LogP contribution < -0.4 is 5.32 Å². The molecule has 1 amide bonds. The van der Waals surface area contributed by atoms with Crippen LogP contribution in [0.1, 0.15) is 42.4 Å². The third-order valence-electron chi connectivity index (χ3n) is 4.43. The van der Waals surface area contributed by atoms with Gasteiger partial charge in [0, 0.05) is 26.2 Å². The molecule has 142 valence electrons. The lowest BCUT2D eigenvalue weighted by atomic mass is 10.0. The molecular weight excluding hydrogens is 357 g/mol. The standard InChI is InChI=1S/C18H24FN5O.ClH/c1-13(2)6-8-23-12-16(21-22-23)18(25)24-9-7-20-11-17(24)14-4-3-5-15(19)10-14;/h3-5,10,12-13,17,20H,6-9,11H2,1-2H3;1H. The largest absolute Gasteiger partial charge is 0.328 e. The zero-order valence-electron chi connectivity index (χ0n) is 15.1. The van der Waals surface area contributed by atoms with Crippen LogP contribution in [0.4, 0.5) is 4.39 Å². The third kappa shape index (κ3) is 4.80. The molecule has 1 saturated heterocycles. The Labute approximate surface area is 159 Å². The summed E-state index contributed by atoms with van der Waals surface area (Å²) >= 11 is 0. The first-order valence-electron chi connectivity index (χ1n) is 8.72. The summed E-state index contributed by atoms with van der Waals surface area (Å²) in [5, 5.41) is 11.4. The summed E-state index contributed by atoms with van der Waals surface area (Å²) < 4.78 is 15.3. The van der Waals surface area contributed by atoms with Crippen molar-refractivity contribution in [2.45, 2.75) is 32.9 Å². The van der Waals surface area contributed by atoms with E-state index in [1.165, 1.54) is 12.1 Å². The van der Waals surface area contributed by atoms with Crippen LogP contribution in [0, 0.1) is 11.7 Å². The summed E-state index contributed by atoms with van der Waals surface area (Å²) in [6.45, 7) is 6.89. The van der Waals surface area contributed by atoms with Crippen molar-refractivity contribution in [3.63, 3.8) is 0 Å². The van der Waals surface area contributed by atoms with Crippen molar-refractivity contribution >= 4 is 18.3 Å². The minimum Gasteiger partial charge on any atom is -0.328 e. The molecular formula is C18H25ClFN5O. The molecule has 1 aromatic carbocycles. The zero-order chi connectivity index (χ0) is 17.8. The second kappa shape index (κ2) is 9.09. The number of aromatic nitrogens is 3. The van der Waals surface area contributed by atoms with Gasteiger partial charge in [-0.25, -0.2) is 4.39 Å². The fourth-order valence-corrected chi connectivity index (χ4v) is 3.00. The Hall–Kier alpha value is -1.99. The highest BCUT2D eigenvalue weighted by atomic mass is 35.5. The zero-order valence-corrected chi connectivity index (χ0v) is 15.9. The molecule has 6 nitrogen and oxygen atoms in total. The van der Waals surface area contributed by atoms with E-state index in [9.17, 15) is 9.18 Å². The molecule has 0 saturated carbocycles. The van der Waals surface area contributed by atoms with Gasteiger partial charge in [0.25, 0.3) is 5.91 Å². The predicted octanol–water partition coefficient (Wildman–Crippen LogP) is 2.67. The van der Waals surface area contributed by atoms with Gasteiger partial charge < -0.3 is 10.2 Å². The normalized spacial score (nSPS) is 17.2. The van der Waals surface area contributed by atoms with Crippen molar-refractivity contribution in [3.05, 3.63) is 47.5 Å². The van der Waals surface area contributed by atoms with Crippen LogP contribution in [0.15, 0.2) is 30.5 Å². The number of carbonyl (C=O) groups is 1. The molecule has 0 radical (unpaired) electrons. The van der Waals surface area contributed by atoms with Gasteiger partial charge in [-0.2, -0.15) is 0 Å². The lowest BCUT2D eigenvalue weighted by molar-refractivity contribution is 0.0627. The molecule has 2 heterocycles. The molecule has 1 aromatic heterocycles. The number of amides is 1. The van der Waals surface area contributed by atoms with Crippen molar-refractivity contribution in [1.29, 1.82) is 0 Å². The van der Waals surface area contributed by atoms with Gasteiger partial charge in [0.15, 0.2) is 5.69 Å². The Morgan fingerprint density at radius 2 is 2.23 bits per heavy atom. The van der Waals surface area contributed by atoms with Crippen LogP contribution in [-0.2, 0) is 6.54 Å². The Bertz CT molecular complexity index is 736. The molecule has 0 spiro atoms. The number of nitrogens with zero attached hydrogens (tertiary/aromatic N) is 4. The summed E-state index contributed by atoms with van der Waals surface area (Å²) in [6.07, 6.45) is 2.69. The Kier molecular flexibility index (Phi) is 7.11. The third-order valence-corrected chi connectivity index (χ3v) is 4.43. The van der Waals surface area contributed by atoms with Crippen LogP contribution in [0.5, 0.6) is 0 Å². The van der Waals surface area contributed by atoms with E-state index < -0.39 is 0 Å². The molecule has 1 N–H and O–H groups in total. The van der Waals surface area contributed by atoms with E-state index in [0.717, 1.165) is 18.5 Å². The van der Waals surface area contributed by atoms with Crippen LogP contribution >= 0.6 is 12.4 Å². The average molecular weight is 382 g/mol. The van der Waals surface area contributed by atoms with Crippen LogP contribution in [0.3, 0.4) is 0 Å². The van der Waals surface area contributed by atoms with E-state index >= 15 is 0 Å². The minimum absolute atomic E-state index is 0. The lowest BCUT2D eigenvalue weighted by Gasteiger charge is -2.36. The minimum atomic E-state index is -0.296. The van der Waals surface area contributed by atoms with Crippen molar-refractivity contribution in [3.8, 4) is 0 Å². The molecule has 0 aliphatic carbocycles. The molecule has 1 fully saturated rings. The molecule has 1 atom stereocenters. The second-order valence-electron chi connectivity index (χ2n) is 6.82. The van der Waals surface area contributed by atoms with Crippen LogP contribution in [0.2, 0.25) is 0 Å². The Balaban J connectivity index is 0.00000243. The molecule has 2 aromatic rings. The molecule has 8 heteroatoms. The van der Waals surface area contributed by atoms with Crippen molar-refractivity contribution in [2.75, 3.05) is 19.6 Å². The molecule has 0 bridgehead atoms. The van der Waals surface area contributed by atoms with Gasteiger partial charge in [-0.1, -0.05) is 31.2 Å². The number of nitrogens with one attached hydrogen (secondary N) is 1. The van der Waals surface area contributed by atoms with Gasteiger partial charge in [-0.05, 0) is 30.0 Å². The number of halogens is 2. The highest BCUT2D eigenvalue weighted by molar-refractivity contribution is 5.92. The highest BCUT2D eigenvalue weighted by Gasteiger charge is 2.30. The van der Waals surface area contributed by atoms with Gasteiger partial charge in [-0.15, -0.1) is 17.5 Å². The molecule has 1 aliphatic rings. The average Bonchev–Trinajstić information content (AvgIpc) is 3.08.